The third kappa shape index (κ3) is 3.81. The predicted octanol–water partition coefficient (Wildman–Crippen LogP) is 8.74. The fourth-order valence-corrected chi connectivity index (χ4v) is 7.37. The molecule has 2 heterocycles. The van der Waals surface area contributed by atoms with Gasteiger partial charge in [-0.05, 0) is 66.3 Å². The first-order valence-electron chi connectivity index (χ1n) is 14.2. The second kappa shape index (κ2) is 9.17. The minimum atomic E-state index is 0.863. The lowest BCUT2D eigenvalue weighted by Crippen LogP contribution is -2.30. The maximum Gasteiger partial charge on any atom is 0.216 e. The van der Waals surface area contributed by atoms with Crippen LogP contribution in [0.5, 0.6) is 0 Å². The fraction of sp³-hybridized carbons (Fsp3) is 0.343. The third-order valence-corrected chi connectivity index (χ3v) is 9.31. The monoisotopic (exact) mass is 486 g/mol. The molecular formula is C35H36NO+. The SMILES string of the molecule is Cc1ccc2c(oc3c(-c4cccc5c4CCC(C4CCCCC4)C5)cccc32)c1-c1cccc[n+]1C. The molecular weight excluding hydrogens is 450 g/mol. The first-order chi connectivity index (χ1) is 18.2. The molecule has 2 heteroatoms. The van der Waals surface area contributed by atoms with Crippen molar-refractivity contribution in [2.75, 3.05) is 0 Å². The Morgan fingerprint density at radius 2 is 1.54 bits per heavy atom. The van der Waals surface area contributed by atoms with Crippen LogP contribution in [0.1, 0.15) is 55.2 Å². The maximum atomic E-state index is 6.85. The molecule has 2 aliphatic rings. The van der Waals surface area contributed by atoms with E-state index in [0.29, 0.717) is 0 Å². The maximum absolute atomic E-state index is 6.85. The second-order valence-corrected chi connectivity index (χ2v) is 11.5. The summed E-state index contributed by atoms with van der Waals surface area (Å²) in [6, 6.07) is 24.5. The van der Waals surface area contributed by atoms with E-state index in [9.17, 15) is 0 Å². The van der Waals surface area contributed by atoms with Crippen LogP contribution in [0.25, 0.3) is 44.3 Å². The van der Waals surface area contributed by atoms with Crippen LogP contribution in [-0.2, 0) is 19.9 Å². The molecule has 5 aromatic rings. The second-order valence-electron chi connectivity index (χ2n) is 11.5. The van der Waals surface area contributed by atoms with Crippen molar-refractivity contribution in [1.29, 1.82) is 0 Å². The van der Waals surface area contributed by atoms with Crippen LogP contribution >= 0.6 is 0 Å². The van der Waals surface area contributed by atoms with Gasteiger partial charge in [0.15, 0.2) is 6.20 Å². The zero-order chi connectivity index (χ0) is 24.9. The van der Waals surface area contributed by atoms with Crippen molar-refractivity contribution in [2.45, 2.75) is 58.3 Å². The minimum absolute atomic E-state index is 0.863. The van der Waals surface area contributed by atoms with E-state index in [1.54, 1.807) is 11.1 Å². The van der Waals surface area contributed by atoms with E-state index in [-0.39, 0.29) is 0 Å². The van der Waals surface area contributed by atoms with E-state index in [2.05, 4.69) is 91.5 Å². The Labute approximate surface area is 220 Å². The van der Waals surface area contributed by atoms with Crippen LogP contribution < -0.4 is 4.57 Å². The van der Waals surface area contributed by atoms with Crippen LogP contribution in [0.4, 0.5) is 0 Å². The van der Waals surface area contributed by atoms with Gasteiger partial charge in [0, 0.05) is 28.5 Å². The van der Waals surface area contributed by atoms with Crippen molar-refractivity contribution >= 4 is 21.9 Å². The Kier molecular flexibility index (Phi) is 5.65. The molecule has 1 fully saturated rings. The standard InChI is InChI=1S/C35H36NO/c1-23-17-19-31-30-15-9-14-29(34(30)37-35(31)33(23)32-16-6-7-21-36(32)2)28-13-8-12-26-22-25(18-20-27(26)28)24-10-4-3-5-11-24/h6-9,12-17,19,21,24-25H,3-5,10-11,18,20,22H2,1-2H3/q+1. The number of aryl methyl sites for hydroxylation is 2. The van der Waals surface area contributed by atoms with Gasteiger partial charge in [-0.3, -0.25) is 0 Å². The third-order valence-electron chi connectivity index (χ3n) is 9.31. The summed E-state index contributed by atoms with van der Waals surface area (Å²) in [7, 11) is 2.11. The van der Waals surface area contributed by atoms with E-state index in [4.69, 9.17) is 4.42 Å². The molecule has 1 atom stereocenters. The summed E-state index contributed by atoms with van der Waals surface area (Å²) in [4.78, 5) is 0. The summed E-state index contributed by atoms with van der Waals surface area (Å²) in [5, 5.41) is 2.41. The molecule has 0 radical (unpaired) electrons. The molecule has 0 N–H and O–H groups in total. The average Bonchev–Trinajstić information content (AvgIpc) is 3.32. The van der Waals surface area contributed by atoms with Crippen LogP contribution in [0.15, 0.2) is 77.3 Å². The predicted molar refractivity (Wildman–Crippen MR) is 153 cm³/mol. The highest BCUT2D eigenvalue weighted by atomic mass is 16.3. The number of hydrogen-bond donors (Lipinski definition) is 0. The van der Waals surface area contributed by atoms with Crippen LogP contribution in [0.3, 0.4) is 0 Å². The van der Waals surface area contributed by atoms with E-state index >= 15 is 0 Å². The Morgan fingerprint density at radius 1 is 0.730 bits per heavy atom. The quantitative estimate of drug-likeness (QED) is 0.233. The number of para-hydroxylation sites is 1. The first kappa shape index (κ1) is 22.8. The van der Waals surface area contributed by atoms with Crippen LogP contribution in [0, 0.1) is 18.8 Å². The van der Waals surface area contributed by atoms with Crippen molar-refractivity contribution in [3.05, 3.63) is 89.6 Å². The molecule has 3 aromatic carbocycles. The molecule has 0 amide bonds. The lowest BCUT2D eigenvalue weighted by atomic mass is 9.71. The smallest absolute Gasteiger partial charge is 0.216 e. The number of furan rings is 1. The number of fused-ring (bicyclic) bond motifs is 4. The Hall–Kier alpha value is -3.39. The van der Waals surface area contributed by atoms with Gasteiger partial charge in [0.2, 0.25) is 5.69 Å². The topological polar surface area (TPSA) is 17.0 Å². The van der Waals surface area contributed by atoms with Crippen molar-refractivity contribution < 1.29 is 8.98 Å². The normalized spacial score (nSPS) is 18.4. The van der Waals surface area contributed by atoms with E-state index < -0.39 is 0 Å². The van der Waals surface area contributed by atoms with E-state index in [1.807, 2.05) is 0 Å². The molecule has 186 valence electrons. The molecule has 0 saturated heterocycles. The van der Waals surface area contributed by atoms with Crippen LogP contribution in [0.2, 0.25) is 0 Å². The highest BCUT2D eigenvalue weighted by Crippen LogP contribution is 2.44. The molecule has 1 saturated carbocycles. The van der Waals surface area contributed by atoms with Crippen molar-refractivity contribution in [1.82, 2.24) is 0 Å². The Morgan fingerprint density at radius 3 is 2.41 bits per heavy atom. The van der Waals surface area contributed by atoms with Gasteiger partial charge in [0.1, 0.15) is 18.2 Å². The van der Waals surface area contributed by atoms with Gasteiger partial charge in [-0.1, -0.05) is 80.6 Å². The molecule has 7 rings (SSSR count). The van der Waals surface area contributed by atoms with Gasteiger partial charge in [-0.25, -0.2) is 4.57 Å². The number of hydrogen-bond acceptors (Lipinski definition) is 1. The van der Waals surface area contributed by atoms with E-state index in [1.165, 1.54) is 90.1 Å². The summed E-state index contributed by atoms with van der Waals surface area (Å²) >= 11 is 0. The number of pyridine rings is 1. The summed E-state index contributed by atoms with van der Waals surface area (Å²) in [6.45, 7) is 2.19. The highest BCUT2D eigenvalue weighted by molar-refractivity contribution is 6.13. The number of rotatable bonds is 3. The zero-order valence-corrected chi connectivity index (χ0v) is 22.1. The molecule has 0 spiro atoms. The number of nitrogens with zero attached hydrogens (tertiary/aromatic N) is 1. The molecule has 37 heavy (non-hydrogen) atoms. The summed E-state index contributed by atoms with van der Waals surface area (Å²) in [6.07, 6.45) is 13.1. The fourth-order valence-electron chi connectivity index (χ4n) is 7.37. The summed E-state index contributed by atoms with van der Waals surface area (Å²) in [5.41, 5.74) is 11.3. The molecule has 2 aromatic heterocycles. The van der Waals surface area contributed by atoms with Gasteiger partial charge < -0.3 is 4.42 Å². The van der Waals surface area contributed by atoms with Gasteiger partial charge >= 0.3 is 0 Å². The highest BCUT2D eigenvalue weighted by Gasteiger charge is 2.29. The lowest BCUT2D eigenvalue weighted by Gasteiger charge is -2.34. The van der Waals surface area contributed by atoms with Gasteiger partial charge in [-0.2, -0.15) is 0 Å². The molecule has 1 unspecified atom stereocenters. The van der Waals surface area contributed by atoms with Crippen molar-refractivity contribution in [3.63, 3.8) is 0 Å². The zero-order valence-electron chi connectivity index (χ0n) is 22.1. The molecule has 0 aliphatic heterocycles. The van der Waals surface area contributed by atoms with Gasteiger partial charge in [0.05, 0.1) is 5.56 Å². The lowest BCUT2D eigenvalue weighted by molar-refractivity contribution is -0.660. The molecule has 2 aliphatic carbocycles. The largest absolute Gasteiger partial charge is 0.454 e. The summed E-state index contributed by atoms with van der Waals surface area (Å²) in [5.74, 6) is 1.80. The van der Waals surface area contributed by atoms with Crippen molar-refractivity contribution in [2.24, 2.45) is 18.9 Å². The van der Waals surface area contributed by atoms with Crippen LogP contribution in [-0.4, -0.2) is 0 Å². The number of benzene rings is 3. The molecule has 0 bridgehead atoms. The van der Waals surface area contributed by atoms with Gasteiger partial charge in [0.25, 0.3) is 0 Å². The first-order valence-corrected chi connectivity index (χ1v) is 14.2. The Bertz CT molecular complexity index is 1620. The van der Waals surface area contributed by atoms with Gasteiger partial charge in [-0.15, -0.1) is 0 Å². The minimum Gasteiger partial charge on any atom is -0.454 e. The number of aromatic nitrogens is 1. The molecule has 2 nitrogen and oxygen atoms in total. The summed E-state index contributed by atoms with van der Waals surface area (Å²) < 4.78 is 9.04. The van der Waals surface area contributed by atoms with E-state index in [0.717, 1.165) is 23.0 Å². The van der Waals surface area contributed by atoms with Crippen molar-refractivity contribution in [3.8, 4) is 22.4 Å². The Balaban J connectivity index is 1.37. The average molecular weight is 487 g/mol.